The van der Waals surface area contributed by atoms with Gasteiger partial charge in [0.05, 0.1) is 5.52 Å². The van der Waals surface area contributed by atoms with Gasteiger partial charge in [0.15, 0.2) is 11.3 Å². The van der Waals surface area contributed by atoms with Crippen LogP contribution in [0.4, 0.5) is 11.6 Å². The molecule has 4 heterocycles. The lowest BCUT2D eigenvalue weighted by Crippen LogP contribution is -2.30. The van der Waals surface area contributed by atoms with Crippen molar-refractivity contribution in [3.05, 3.63) is 76.7 Å². The molecule has 0 saturated carbocycles. The molecule has 192 valence electrons. The van der Waals surface area contributed by atoms with Crippen molar-refractivity contribution in [3.63, 3.8) is 0 Å². The average Bonchev–Trinajstić information content (AvgIpc) is 3.56. The summed E-state index contributed by atoms with van der Waals surface area (Å²) in [5.74, 6) is 1.14. The maximum Gasteiger partial charge on any atom is 0.284 e. The van der Waals surface area contributed by atoms with Gasteiger partial charge in [-0.1, -0.05) is 12.1 Å². The molecule has 2 aromatic carbocycles. The van der Waals surface area contributed by atoms with E-state index in [9.17, 15) is 4.79 Å². The number of benzene rings is 2. The van der Waals surface area contributed by atoms with E-state index in [-0.39, 0.29) is 5.56 Å². The van der Waals surface area contributed by atoms with Crippen molar-refractivity contribution in [1.82, 2.24) is 34.0 Å². The second kappa shape index (κ2) is 9.84. The van der Waals surface area contributed by atoms with Gasteiger partial charge in [-0.15, -0.1) is 11.3 Å². The van der Waals surface area contributed by atoms with E-state index >= 15 is 0 Å². The number of nitrogens with one attached hydrogen (secondary N) is 1. The highest BCUT2D eigenvalue weighted by Crippen LogP contribution is 2.26. The fourth-order valence-corrected chi connectivity index (χ4v) is 4.83. The summed E-state index contributed by atoms with van der Waals surface area (Å²) in [6.07, 6.45) is 3.23. The fraction of sp³-hybridized carbons (Fsp3) is 0.222. The van der Waals surface area contributed by atoms with Crippen molar-refractivity contribution in [2.24, 2.45) is 0 Å². The third-order valence-corrected chi connectivity index (χ3v) is 7.23. The van der Waals surface area contributed by atoms with Crippen molar-refractivity contribution in [2.45, 2.75) is 19.9 Å². The molecule has 1 N–H and O–H groups in total. The van der Waals surface area contributed by atoms with Crippen LogP contribution in [0.25, 0.3) is 32.7 Å². The molecule has 0 saturated heterocycles. The van der Waals surface area contributed by atoms with Gasteiger partial charge < -0.3 is 15.0 Å². The number of fused-ring (bicyclic) bond motifs is 4. The second-order valence-electron chi connectivity index (χ2n) is 9.20. The van der Waals surface area contributed by atoms with Gasteiger partial charge in [0.25, 0.3) is 5.56 Å². The van der Waals surface area contributed by atoms with Gasteiger partial charge in [-0.3, -0.25) is 4.79 Å². The molecule has 0 atom stereocenters. The Bertz CT molecular complexity index is 1790. The Hall–Kier alpha value is -4.35. The number of aromatic nitrogens is 6. The zero-order chi connectivity index (χ0) is 26.2. The minimum Gasteiger partial charge on any atom is -0.492 e. The van der Waals surface area contributed by atoms with Crippen LogP contribution in [0.5, 0.6) is 5.75 Å². The van der Waals surface area contributed by atoms with Crippen LogP contribution in [0.3, 0.4) is 0 Å². The predicted molar refractivity (Wildman–Crippen MR) is 150 cm³/mol. The van der Waals surface area contributed by atoms with E-state index in [0.29, 0.717) is 40.4 Å². The summed E-state index contributed by atoms with van der Waals surface area (Å²) in [7, 11) is 2.08. The highest BCUT2D eigenvalue weighted by molar-refractivity contribution is 7.12. The van der Waals surface area contributed by atoms with Crippen LogP contribution in [0.15, 0.2) is 71.1 Å². The van der Waals surface area contributed by atoms with Gasteiger partial charge in [-0.05, 0) is 57.3 Å². The van der Waals surface area contributed by atoms with Crippen LogP contribution in [-0.2, 0) is 0 Å². The van der Waals surface area contributed by atoms with Crippen molar-refractivity contribution in [3.8, 4) is 10.9 Å². The maximum absolute atomic E-state index is 13.6. The molecule has 0 bridgehead atoms. The highest BCUT2D eigenvalue weighted by Gasteiger charge is 2.19. The second-order valence-corrected chi connectivity index (χ2v) is 10.1. The molecule has 4 aromatic heterocycles. The third kappa shape index (κ3) is 4.35. The lowest BCUT2D eigenvalue weighted by molar-refractivity contribution is 0.208. The Morgan fingerprint density at radius 3 is 2.63 bits per heavy atom. The SMILES string of the molecule is CC(C)N(C)CCOc1ccc(Nc2ncc3c(=O)n4c(nc3n2)c2ccccc2n4-c2nccs2)cc1. The molecular formula is C27H26N8O2S. The van der Waals surface area contributed by atoms with Gasteiger partial charge in [-0.2, -0.15) is 9.50 Å². The molecule has 0 spiro atoms. The first-order valence-electron chi connectivity index (χ1n) is 12.3. The summed E-state index contributed by atoms with van der Waals surface area (Å²) >= 11 is 1.45. The van der Waals surface area contributed by atoms with E-state index < -0.39 is 0 Å². The topological polar surface area (TPSA) is 102 Å². The number of likely N-dealkylation sites (N-methyl/N-ethyl adjacent to an activating group) is 1. The first-order chi connectivity index (χ1) is 18.5. The number of ether oxygens (including phenoxy) is 1. The molecule has 38 heavy (non-hydrogen) atoms. The first-order valence-corrected chi connectivity index (χ1v) is 13.2. The van der Waals surface area contributed by atoms with E-state index in [0.717, 1.165) is 28.9 Å². The van der Waals surface area contributed by atoms with Crippen LogP contribution in [0, 0.1) is 0 Å². The number of para-hydroxylation sites is 1. The van der Waals surface area contributed by atoms with Crippen LogP contribution >= 0.6 is 11.3 Å². The van der Waals surface area contributed by atoms with E-state index in [1.54, 1.807) is 15.4 Å². The van der Waals surface area contributed by atoms with Gasteiger partial charge in [0.1, 0.15) is 17.7 Å². The molecule has 6 rings (SSSR count). The quantitative estimate of drug-likeness (QED) is 0.309. The normalized spacial score (nSPS) is 11.8. The molecule has 11 heteroatoms. The zero-order valence-electron chi connectivity index (χ0n) is 21.2. The summed E-state index contributed by atoms with van der Waals surface area (Å²) in [5, 5.41) is 6.91. The van der Waals surface area contributed by atoms with Crippen LogP contribution in [0.1, 0.15) is 13.8 Å². The lowest BCUT2D eigenvalue weighted by atomic mass is 10.2. The summed E-state index contributed by atoms with van der Waals surface area (Å²) in [6, 6.07) is 15.8. The molecule has 0 aliphatic heterocycles. The lowest BCUT2D eigenvalue weighted by Gasteiger charge is -2.20. The monoisotopic (exact) mass is 526 g/mol. The average molecular weight is 527 g/mol. The van der Waals surface area contributed by atoms with Crippen LogP contribution in [0.2, 0.25) is 0 Å². The van der Waals surface area contributed by atoms with Crippen LogP contribution in [-0.4, -0.2) is 60.3 Å². The Morgan fingerprint density at radius 1 is 1.05 bits per heavy atom. The number of thiazole rings is 1. The molecule has 0 fully saturated rings. The van der Waals surface area contributed by atoms with Gasteiger partial charge in [0, 0.05) is 41.4 Å². The minimum absolute atomic E-state index is 0.257. The zero-order valence-corrected chi connectivity index (χ0v) is 22.0. The molecule has 0 radical (unpaired) electrons. The number of hydrogen-bond acceptors (Lipinski definition) is 9. The number of nitrogens with zero attached hydrogens (tertiary/aromatic N) is 7. The van der Waals surface area contributed by atoms with Gasteiger partial charge in [0.2, 0.25) is 11.1 Å². The van der Waals surface area contributed by atoms with Gasteiger partial charge >= 0.3 is 0 Å². The van der Waals surface area contributed by atoms with Crippen molar-refractivity contribution in [1.29, 1.82) is 0 Å². The van der Waals surface area contributed by atoms with E-state index in [4.69, 9.17) is 9.72 Å². The smallest absolute Gasteiger partial charge is 0.284 e. The Kier molecular flexibility index (Phi) is 6.22. The fourth-order valence-electron chi connectivity index (χ4n) is 4.18. The molecule has 10 nitrogen and oxygen atoms in total. The molecule has 0 amide bonds. The summed E-state index contributed by atoms with van der Waals surface area (Å²) in [5.41, 5.74) is 2.22. The number of hydrogen-bond donors (Lipinski definition) is 1. The van der Waals surface area contributed by atoms with Crippen molar-refractivity contribution in [2.75, 3.05) is 25.5 Å². The summed E-state index contributed by atoms with van der Waals surface area (Å²) in [6.45, 7) is 5.78. The van der Waals surface area contributed by atoms with E-state index in [1.807, 2.05) is 53.9 Å². The Balaban J connectivity index is 1.31. The molecular weight excluding hydrogens is 500 g/mol. The molecule has 6 aromatic rings. The molecule has 0 aliphatic rings. The Labute approximate surface area is 222 Å². The van der Waals surface area contributed by atoms with E-state index in [1.165, 1.54) is 17.5 Å². The standard InChI is InChI=1S/C27H26N8O2S/c1-17(2)33(3)13-14-37-19-10-8-18(9-11-19)30-26-29-16-21-23(32-26)31-24-20-6-4-5-7-22(20)34(35(24)25(21)36)27-28-12-15-38-27/h4-12,15-17H,13-14H2,1-3H3,(H,29,30,32). The summed E-state index contributed by atoms with van der Waals surface area (Å²) in [4.78, 5) is 34.0. The largest absolute Gasteiger partial charge is 0.492 e. The van der Waals surface area contributed by atoms with Gasteiger partial charge in [-0.25, -0.2) is 19.6 Å². The summed E-state index contributed by atoms with van der Waals surface area (Å²) < 4.78 is 9.19. The predicted octanol–water partition coefficient (Wildman–Crippen LogP) is 4.50. The number of anilines is 2. The maximum atomic E-state index is 13.6. The minimum atomic E-state index is -0.257. The first kappa shape index (κ1) is 24.0. The van der Waals surface area contributed by atoms with Crippen LogP contribution < -0.4 is 15.6 Å². The third-order valence-electron chi connectivity index (χ3n) is 6.48. The molecule has 0 aliphatic carbocycles. The Morgan fingerprint density at radius 2 is 1.87 bits per heavy atom. The van der Waals surface area contributed by atoms with Crippen molar-refractivity contribution >= 4 is 50.6 Å². The molecule has 0 unspecified atom stereocenters. The highest BCUT2D eigenvalue weighted by atomic mass is 32.1. The van der Waals surface area contributed by atoms with E-state index in [2.05, 4.69) is 46.1 Å². The van der Waals surface area contributed by atoms with Crippen molar-refractivity contribution < 1.29 is 4.74 Å². The number of rotatable bonds is 8.